The van der Waals surface area contributed by atoms with Crippen LogP contribution in [0.3, 0.4) is 0 Å². The van der Waals surface area contributed by atoms with E-state index in [2.05, 4.69) is 27.7 Å². The number of esters is 2. The molecule has 4 heteroatoms. The molecule has 0 aromatic heterocycles. The molecule has 0 heterocycles. The van der Waals surface area contributed by atoms with Crippen molar-refractivity contribution in [1.29, 1.82) is 0 Å². The van der Waals surface area contributed by atoms with E-state index in [1.54, 1.807) is 0 Å². The molecule has 1 fully saturated rings. The van der Waals surface area contributed by atoms with Crippen LogP contribution in [-0.2, 0) is 19.1 Å². The summed E-state index contributed by atoms with van der Waals surface area (Å²) in [7, 11) is 0. The molecule has 0 amide bonds. The summed E-state index contributed by atoms with van der Waals surface area (Å²) in [6.07, 6.45) is 8.04. The van der Waals surface area contributed by atoms with Gasteiger partial charge in [0.1, 0.15) is 0 Å². The molecular formula is C20H36O4. The van der Waals surface area contributed by atoms with Gasteiger partial charge < -0.3 is 9.47 Å². The Labute approximate surface area is 147 Å². The third-order valence-electron chi connectivity index (χ3n) is 5.22. The highest BCUT2D eigenvalue weighted by Gasteiger charge is 2.45. The SMILES string of the molecule is CCCCCOC(=O)C1C(C)CCC(C)C1C(=O)OCCCCC. The monoisotopic (exact) mass is 340 g/mol. The molecule has 0 aromatic carbocycles. The Bertz CT molecular complexity index is 344. The first-order chi connectivity index (χ1) is 11.5. The summed E-state index contributed by atoms with van der Waals surface area (Å²) in [6, 6.07) is 0. The molecule has 0 bridgehead atoms. The topological polar surface area (TPSA) is 52.6 Å². The second-order valence-electron chi connectivity index (χ2n) is 7.33. The smallest absolute Gasteiger partial charge is 0.310 e. The predicted octanol–water partition coefficient (Wildman–Crippen LogP) is 4.75. The van der Waals surface area contributed by atoms with Crippen LogP contribution >= 0.6 is 0 Å². The van der Waals surface area contributed by atoms with Gasteiger partial charge in [0.15, 0.2) is 0 Å². The molecular weight excluding hydrogens is 304 g/mol. The minimum Gasteiger partial charge on any atom is -0.465 e. The van der Waals surface area contributed by atoms with E-state index >= 15 is 0 Å². The highest BCUT2D eigenvalue weighted by molar-refractivity contribution is 5.82. The van der Waals surface area contributed by atoms with E-state index in [-0.39, 0.29) is 35.6 Å². The molecule has 1 aliphatic carbocycles. The van der Waals surface area contributed by atoms with Gasteiger partial charge in [0, 0.05) is 0 Å². The molecule has 1 saturated carbocycles. The lowest BCUT2D eigenvalue weighted by Crippen LogP contribution is -2.43. The molecule has 4 atom stereocenters. The lowest BCUT2D eigenvalue weighted by atomic mass is 9.67. The van der Waals surface area contributed by atoms with Gasteiger partial charge in [0.2, 0.25) is 0 Å². The maximum Gasteiger partial charge on any atom is 0.310 e. The summed E-state index contributed by atoms with van der Waals surface area (Å²) in [5.74, 6) is -0.773. The first kappa shape index (κ1) is 21.0. The number of carbonyl (C=O) groups is 2. The van der Waals surface area contributed by atoms with Crippen molar-refractivity contribution in [2.24, 2.45) is 23.7 Å². The van der Waals surface area contributed by atoms with Crippen molar-refractivity contribution in [3.63, 3.8) is 0 Å². The maximum absolute atomic E-state index is 12.6. The molecule has 0 saturated heterocycles. The molecule has 4 nitrogen and oxygen atoms in total. The average Bonchev–Trinajstić information content (AvgIpc) is 2.57. The van der Waals surface area contributed by atoms with Crippen LogP contribution < -0.4 is 0 Å². The van der Waals surface area contributed by atoms with Crippen LogP contribution in [0.25, 0.3) is 0 Å². The Morgan fingerprint density at radius 3 is 1.46 bits per heavy atom. The number of carbonyl (C=O) groups excluding carboxylic acids is 2. The van der Waals surface area contributed by atoms with E-state index in [1.807, 2.05) is 0 Å². The fourth-order valence-corrected chi connectivity index (χ4v) is 3.59. The molecule has 0 spiro atoms. The summed E-state index contributed by atoms with van der Waals surface area (Å²) in [6.45, 7) is 9.28. The van der Waals surface area contributed by atoms with Crippen LogP contribution in [0.2, 0.25) is 0 Å². The van der Waals surface area contributed by atoms with Crippen molar-refractivity contribution in [3.05, 3.63) is 0 Å². The minimum atomic E-state index is -0.353. The number of rotatable bonds is 10. The Morgan fingerprint density at radius 2 is 1.12 bits per heavy atom. The van der Waals surface area contributed by atoms with Crippen LogP contribution in [0.1, 0.15) is 79.1 Å². The third kappa shape index (κ3) is 6.45. The van der Waals surface area contributed by atoms with Gasteiger partial charge >= 0.3 is 11.9 Å². The van der Waals surface area contributed by atoms with E-state index in [4.69, 9.17) is 9.47 Å². The van der Waals surface area contributed by atoms with Crippen molar-refractivity contribution in [3.8, 4) is 0 Å². The highest BCUT2D eigenvalue weighted by atomic mass is 16.5. The predicted molar refractivity (Wildman–Crippen MR) is 95.5 cm³/mol. The van der Waals surface area contributed by atoms with Crippen molar-refractivity contribution >= 4 is 11.9 Å². The molecule has 0 N–H and O–H groups in total. The zero-order valence-electron chi connectivity index (χ0n) is 16.0. The van der Waals surface area contributed by atoms with E-state index in [0.717, 1.165) is 51.4 Å². The highest BCUT2D eigenvalue weighted by Crippen LogP contribution is 2.40. The molecule has 24 heavy (non-hydrogen) atoms. The molecule has 1 rings (SSSR count). The van der Waals surface area contributed by atoms with Gasteiger partial charge in [-0.1, -0.05) is 53.4 Å². The number of ether oxygens (including phenoxy) is 2. The van der Waals surface area contributed by atoms with Gasteiger partial charge in [-0.2, -0.15) is 0 Å². The molecule has 0 radical (unpaired) electrons. The standard InChI is InChI=1S/C20H36O4/c1-5-7-9-13-23-19(21)17-15(3)11-12-16(4)18(17)20(22)24-14-10-8-6-2/h15-18H,5-14H2,1-4H3. The Balaban J connectivity index is 2.64. The van der Waals surface area contributed by atoms with Gasteiger partial charge in [0.25, 0.3) is 0 Å². The number of hydrogen-bond acceptors (Lipinski definition) is 4. The van der Waals surface area contributed by atoms with E-state index in [9.17, 15) is 9.59 Å². The van der Waals surface area contributed by atoms with Crippen molar-refractivity contribution in [2.75, 3.05) is 13.2 Å². The first-order valence-electron chi connectivity index (χ1n) is 9.86. The Kier molecular flexibility index (Phi) is 10.0. The second-order valence-corrected chi connectivity index (χ2v) is 7.33. The zero-order valence-corrected chi connectivity index (χ0v) is 16.0. The van der Waals surface area contributed by atoms with Crippen LogP contribution in [0.15, 0.2) is 0 Å². The van der Waals surface area contributed by atoms with Crippen LogP contribution in [-0.4, -0.2) is 25.2 Å². The van der Waals surface area contributed by atoms with Gasteiger partial charge in [-0.15, -0.1) is 0 Å². The molecule has 140 valence electrons. The number of unbranched alkanes of at least 4 members (excludes halogenated alkanes) is 4. The van der Waals surface area contributed by atoms with Crippen molar-refractivity contribution < 1.29 is 19.1 Å². The van der Waals surface area contributed by atoms with Crippen LogP contribution in [0, 0.1) is 23.7 Å². The van der Waals surface area contributed by atoms with Gasteiger partial charge in [-0.3, -0.25) is 9.59 Å². The quantitative estimate of drug-likeness (QED) is 0.425. The fourth-order valence-electron chi connectivity index (χ4n) is 3.59. The van der Waals surface area contributed by atoms with Gasteiger partial charge in [-0.05, 0) is 37.5 Å². The van der Waals surface area contributed by atoms with E-state index < -0.39 is 0 Å². The van der Waals surface area contributed by atoms with Crippen molar-refractivity contribution in [2.45, 2.75) is 79.1 Å². The molecule has 4 unspecified atom stereocenters. The second kappa shape index (κ2) is 11.5. The summed E-state index contributed by atoms with van der Waals surface area (Å²) in [5, 5.41) is 0. The van der Waals surface area contributed by atoms with Crippen LogP contribution in [0.5, 0.6) is 0 Å². The summed E-state index contributed by atoms with van der Waals surface area (Å²) in [5.41, 5.74) is 0. The number of hydrogen-bond donors (Lipinski definition) is 0. The zero-order chi connectivity index (χ0) is 17.9. The normalized spacial score (nSPS) is 26.8. The van der Waals surface area contributed by atoms with Crippen molar-refractivity contribution in [1.82, 2.24) is 0 Å². The third-order valence-corrected chi connectivity index (χ3v) is 5.22. The van der Waals surface area contributed by atoms with E-state index in [0.29, 0.717) is 13.2 Å². The van der Waals surface area contributed by atoms with E-state index in [1.165, 1.54) is 0 Å². The fraction of sp³-hybridized carbons (Fsp3) is 0.900. The Morgan fingerprint density at radius 1 is 0.750 bits per heavy atom. The minimum absolute atomic E-state index is 0.174. The molecule has 1 aliphatic rings. The summed E-state index contributed by atoms with van der Waals surface area (Å²) >= 11 is 0. The lowest BCUT2D eigenvalue weighted by molar-refractivity contribution is -0.168. The summed E-state index contributed by atoms with van der Waals surface area (Å²) in [4.78, 5) is 25.2. The molecule has 0 aliphatic heterocycles. The molecule has 0 aromatic rings. The lowest BCUT2D eigenvalue weighted by Gasteiger charge is -2.37. The maximum atomic E-state index is 12.6. The Hall–Kier alpha value is -1.06. The largest absolute Gasteiger partial charge is 0.465 e. The van der Waals surface area contributed by atoms with Gasteiger partial charge in [0.05, 0.1) is 25.0 Å². The average molecular weight is 341 g/mol. The summed E-state index contributed by atoms with van der Waals surface area (Å²) < 4.78 is 11.0. The van der Waals surface area contributed by atoms with Crippen LogP contribution in [0.4, 0.5) is 0 Å². The van der Waals surface area contributed by atoms with Gasteiger partial charge in [-0.25, -0.2) is 0 Å². The first-order valence-corrected chi connectivity index (χ1v) is 9.86.